The van der Waals surface area contributed by atoms with Crippen molar-refractivity contribution in [2.24, 2.45) is 0 Å². The zero-order valence-electron chi connectivity index (χ0n) is 11.3. The van der Waals surface area contributed by atoms with Crippen LogP contribution in [0.3, 0.4) is 0 Å². The van der Waals surface area contributed by atoms with Crippen LogP contribution in [0.1, 0.15) is 23.7 Å². The Morgan fingerprint density at radius 1 is 1.45 bits per heavy atom. The van der Waals surface area contributed by atoms with Gasteiger partial charge in [-0.1, -0.05) is 18.2 Å². The van der Waals surface area contributed by atoms with Gasteiger partial charge in [-0.3, -0.25) is 4.79 Å². The second-order valence-corrected chi connectivity index (χ2v) is 5.43. The van der Waals surface area contributed by atoms with Crippen molar-refractivity contribution in [1.29, 1.82) is 0 Å². The Bertz CT molecular complexity index is 663. The summed E-state index contributed by atoms with van der Waals surface area (Å²) in [6.45, 7) is 3.21. The number of pyridine rings is 1. The molecule has 0 spiro atoms. The molecule has 0 bridgehead atoms. The summed E-state index contributed by atoms with van der Waals surface area (Å²) in [5.74, 6) is 0.213. The van der Waals surface area contributed by atoms with E-state index in [0.717, 1.165) is 17.3 Å². The zero-order valence-corrected chi connectivity index (χ0v) is 11.3. The second-order valence-electron chi connectivity index (χ2n) is 5.43. The second kappa shape index (κ2) is 4.76. The van der Waals surface area contributed by atoms with Gasteiger partial charge >= 0.3 is 0 Å². The average molecular weight is 271 g/mol. The molecular formula is C15H17N3O2. The van der Waals surface area contributed by atoms with Crippen molar-refractivity contribution >= 4 is 22.6 Å². The molecular weight excluding hydrogens is 254 g/mol. The lowest BCUT2D eigenvalue weighted by molar-refractivity contribution is 0.0891. The van der Waals surface area contributed by atoms with Crippen LogP contribution in [-0.2, 0) is 4.74 Å². The molecule has 3 N–H and O–H groups in total. The molecule has 0 aliphatic carbocycles. The van der Waals surface area contributed by atoms with Gasteiger partial charge in [-0.2, -0.15) is 0 Å². The molecule has 20 heavy (non-hydrogen) atoms. The van der Waals surface area contributed by atoms with Crippen LogP contribution in [0.5, 0.6) is 0 Å². The molecule has 0 saturated carbocycles. The molecule has 5 nitrogen and oxygen atoms in total. The number of carbonyl (C=O) groups is 1. The molecule has 5 heteroatoms. The monoisotopic (exact) mass is 271 g/mol. The minimum atomic E-state index is -0.309. The van der Waals surface area contributed by atoms with E-state index in [1.54, 1.807) is 6.07 Å². The van der Waals surface area contributed by atoms with E-state index in [1.807, 2.05) is 31.2 Å². The van der Waals surface area contributed by atoms with E-state index in [0.29, 0.717) is 24.6 Å². The first-order valence-electron chi connectivity index (χ1n) is 6.63. The van der Waals surface area contributed by atoms with Gasteiger partial charge in [-0.25, -0.2) is 4.98 Å². The number of ether oxygens (including phenoxy) is 1. The number of fused-ring (bicyclic) bond motifs is 1. The van der Waals surface area contributed by atoms with E-state index in [1.165, 1.54) is 0 Å². The lowest BCUT2D eigenvalue weighted by Gasteiger charge is -2.24. The lowest BCUT2D eigenvalue weighted by atomic mass is 10.0. The first-order chi connectivity index (χ1) is 9.57. The lowest BCUT2D eigenvalue weighted by Crippen LogP contribution is -2.46. The summed E-state index contributed by atoms with van der Waals surface area (Å²) in [6.07, 6.45) is 0.817. The number of nitrogens with zero attached hydrogens (tertiary/aromatic N) is 1. The standard InChI is InChI=1S/C15H17N3O2/c1-15(6-7-20-9-15)18-14(19)11-8-13(16)17-12-5-3-2-4-10(11)12/h2-5,8H,6-7,9H2,1H3,(H2,16,17)(H,18,19). The molecule has 1 atom stereocenters. The average Bonchev–Trinajstić information content (AvgIpc) is 2.84. The number of carbonyl (C=O) groups excluding carboxylic acids is 1. The number of hydrogen-bond donors (Lipinski definition) is 2. The number of hydrogen-bond acceptors (Lipinski definition) is 4. The van der Waals surface area contributed by atoms with E-state index in [4.69, 9.17) is 10.5 Å². The molecule has 1 amide bonds. The summed E-state index contributed by atoms with van der Waals surface area (Å²) in [5, 5.41) is 3.85. The predicted octanol–water partition coefficient (Wildman–Crippen LogP) is 1.73. The summed E-state index contributed by atoms with van der Waals surface area (Å²) >= 11 is 0. The molecule has 1 unspecified atom stereocenters. The van der Waals surface area contributed by atoms with Crippen molar-refractivity contribution in [2.75, 3.05) is 18.9 Å². The van der Waals surface area contributed by atoms with Crippen molar-refractivity contribution < 1.29 is 9.53 Å². The molecule has 2 aromatic rings. The predicted molar refractivity (Wildman–Crippen MR) is 77.5 cm³/mol. The maximum atomic E-state index is 12.5. The van der Waals surface area contributed by atoms with Crippen LogP contribution in [0.2, 0.25) is 0 Å². The van der Waals surface area contributed by atoms with Gasteiger partial charge < -0.3 is 15.8 Å². The first kappa shape index (κ1) is 12.9. The number of aromatic nitrogens is 1. The van der Waals surface area contributed by atoms with Crippen LogP contribution >= 0.6 is 0 Å². The van der Waals surface area contributed by atoms with Gasteiger partial charge in [0.15, 0.2) is 0 Å². The highest BCUT2D eigenvalue weighted by Crippen LogP contribution is 2.22. The van der Waals surface area contributed by atoms with Crippen LogP contribution in [0.25, 0.3) is 10.9 Å². The van der Waals surface area contributed by atoms with E-state index in [9.17, 15) is 4.79 Å². The van der Waals surface area contributed by atoms with Gasteiger partial charge in [-0.15, -0.1) is 0 Å². The van der Waals surface area contributed by atoms with Gasteiger partial charge in [0.1, 0.15) is 5.82 Å². The van der Waals surface area contributed by atoms with Gasteiger partial charge in [0.25, 0.3) is 5.91 Å². The minimum absolute atomic E-state index is 0.136. The molecule has 2 heterocycles. The SMILES string of the molecule is CC1(NC(=O)c2cc(N)nc3ccccc23)CCOC1. The van der Waals surface area contributed by atoms with Gasteiger partial charge in [0.2, 0.25) is 0 Å². The third kappa shape index (κ3) is 2.32. The van der Waals surface area contributed by atoms with Crippen molar-refractivity contribution in [3.05, 3.63) is 35.9 Å². The number of benzene rings is 1. The third-order valence-corrected chi connectivity index (χ3v) is 3.61. The number of nitrogens with one attached hydrogen (secondary N) is 1. The van der Waals surface area contributed by atoms with Gasteiger partial charge in [0, 0.05) is 12.0 Å². The highest BCUT2D eigenvalue weighted by Gasteiger charge is 2.32. The molecule has 1 aromatic carbocycles. The molecule has 1 aliphatic rings. The molecule has 1 fully saturated rings. The number of para-hydroxylation sites is 1. The van der Waals surface area contributed by atoms with Crippen molar-refractivity contribution in [3.63, 3.8) is 0 Å². The number of amides is 1. The number of nitrogen functional groups attached to an aromatic ring is 1. The summed E-state index contributed by atoms with van der Waals surface area (Å²) in [5.41, 5.74) is 6.76. The van der Waals surface area contributed by atoms with Gasteiger partial charge in [0.05, 0.1) is 23.2 Å². The molecule has 0 radical (unpaired) electrons. The first-order valence-corrected chi connectivity index (χ1v) is 6.63. The molecule has 3 rings (SSSR count). The highest BCUT2D eigenvalue weighted by atomic mass is 16.5. The van der Waals surface area contributed by atoms with Crippen molar-refractivity contribution in [2.45, 2.75) is 18.9 Å². The Kier molecular flexibility index (Phi) is 3.06. The largest absolute Gasteiger partial charge is 0.384 e. The fraction of sp³-hybridized carbons (Fsp3) is 0.333. The maximum absolute atomic E-state index is 12.5. The van der Waals surface area contributed by atoms with E-state index < -0.39 is 0 Å². The van der Waals surface area contributed by atoms with Crippen molar-refractivity contribution in [3.8, 4) is 0 Å². The Morgan fingerprint density at radius 3 is 3.00 bits per heavy atom. The van der Waals surface area contributed by atoms with Crippen LogP contribution in [0, 0.1) is 0 Å². The Hall–Kier alpha value is -2.14. The highest BCUT2D eigenvalue weighted by molar-refractivity contribution is 6.07. The van der Waals surface area contributed by atoms with E-state index in [2.05, 4.69) is 10.3 Å². The Balaban J connectivity index is 1.98. The van der Waals surface area contributed by atoms with Crippen LogP contribution in [0.15, 0.2) is 30.3 Å². The maximum Gasteiger partial charge on any atom is 0.252 e. The Morgan fingerprint density at radius 2 is 2.25 bits per heavy atom. The quantitative estimate of drug-likeness (QED) is 0.872. The third-order valence-electron chi connectivity index (χ3n) is 3.61. The number of anilines is 1. The van der Waals surface area contributed by atoms with Crippen molar-refractivity contribution in [1.82, 2.24) is 10.3 Å². The van der Waals surface area contributed by atoms with Crippen LogP contribution in [-0.4, -0.2) is 29.6 Å². The summed E-state index contributed by atoms with van der Waals surface area (Å²) in [4.78, 5) is 16.8. The topological polar surface area (TPSA) is 77.2 Å². The smallest absolute Gasteiger partial charge is 0.252 e. The molecule has 1 aliphatic heterocycles. The zero-order chi connectivity index (χ0) is 14.2. The van der Waals surface area contributed by atoms with E-state index >= 15 is 0 Å². The van der Waals surface area contributed by atoms with Gasteiger partial charge in [-0.05, 0) is 25.5 Å². The summed E-state index contributed by atoms with van der Waals surface area (Å²) < 4.78 is 5.36. The fourth-order valence-corrected chi connectivity index (χ4v) is 2.49. The molecule has 1 aromatic heterocycles. The number of nitrogens with two attached hydrogens (primary N) is 1. The van der Waals surface area contributed by atoms with E-state index in [-0.39, 0.29) is 11.4 Å². The van der Waals surface area contributed by atoms with Crippen LogP contribution < -0.4 is 11.1 Å². The Labute approximate surface area is 117 Å². The summed E-state index contributed by atoms with van der Waals surface area (Å²) in [7, 11) is 0. The number of rotatable bonds is 2. The fourth-order valence-electron chi connectivity index (χ4n) is 2.49. The normalized spacial score (nSPS) is 22.1. The van der Waals surface area contributed by atoms with Crippen LogP contribution in [0.4, 0.5) is 5.82 Å². The minimum Gasteiger partial charge on any atom is -0.384 e. The molecule has 1 saturated heterocycles. The molecule has 104 valence electrons. The summed E-state index contributed by atoms with van der Waals surface area (Å²) in [6, 6.07) is 9.11.